The van der Waals surface area contributed by atoms with Crippen LogP contribution in [0.3, 0.4) is 0 Å². The first-order valence-corrected chi connectivity index (χ1v) is 7.55. The molecular weight excluding hydrogens is 276 g/mol. The first-order chi connectivity index (χ1) is 10.8. The molecule has 2 aromatic carbocycles. The Balaban J connectivity index is 1.77. The van der Waals surface area contributed by atoms with Gasteiger partial charge in [-0.15, -0.1) is 0 Å². The number of para-hydroxylation sites is 2. The molecular formula is C18H20N2O2. The number of nitrogens with zero attached hydrogens (tertiary/aromatic N) is 1. The summed E-state index contributed by atoms with van der Waals surface area (Å²) in [4.78, 5) is 14.5. The van der Waals surface area contributed by atoms with Gasteiger partial charge in [-0.25, -0.2) is 4.79 Å². The van der Waals surface area contributed by atoms with E-state index in [2.05, 4.69) is 17.4 Å². The highest BCUT2D eigenvalue weighted by Crippen LogP contribution is 2.33. The van der Waals surface area contributed by atoms with Crippen LogP contribution in [0.25, 0.3) is 0 Å². The smallest absolute Gasteiger partial charge is 0.322 e. The minimum atomic E-state index is -0.0733. The summed E-state index contributed by atoms with van der Waals surface area (Å²) < 4.78 is 5.29. The van der Waals surface area contributed by atoms with Gasteiger partial charge in [-0.1, -0.05) is 42.5 Å². The molecule has 4 heteroatoms. The maximum Gasteiger partial charge on any atom is 0.322 e. The van der Waals surface area contributed by atoms with Gasteiger partial charge in [-0.3, -0.25) is 0 Å². The molecule has 1 saturated heterocycles. The van der Waals surface area contributed by atoms with E-state index in [4.69, 9.17) is 4.74 Å². The Labute approximate surface area is 130 Å². The van der Waals surface area contributed by atoms with Gasteiger partial charge in [0.05, 0.1) is 18.8 Å². The van der Waals surface area contributed by atoms with E-state index < -0.39 is 0 Å². The van der Waals surface area contributed by atoms with Crippen LogP contribution in [0, 0.1) is 0 Å². The van der Waals surface area contributed by atoms with Crippen LogP contribution in [0.5, 0.6) is 5.75 Å². The molecule has 0 radical (unpaired) electrons. The topological polar surface area (TPSA) is 41.6 Å². The van der Waals surface area contributed by atoms with Gasteiger partial charge < -0.3 is 15.0 Å². The number of urea groups is 1. The van der Waals surface area contributed by atoms with Crippen molar-refractivity contribution in [1.82, 2.24) is 4.90 Å². The van der Waals surface area contributed by atoms with Crippen LogP contribution in [0.1, 0.15) is 24.4 Å². The lowest BCUT2D eigenvalue weighted by Gasteiger charge is -2.25. The quantitative estimate of drug-likeness (QED) is 0.928. The van der Waals surface area contributed by atoms with Crippen LogP contribution in [0.15, 0.2) is 54.6 Å². The standard InChI is InChI=1S/C18H20N2O2/c1-22-17-12-6-5-10-15(17)19-18(21)20-13-7-11-16(20)14-8-3-2-4-9-14/h2-6,8-10,12,16H,7,11,13H2,1H3,(H,19,21)/t16-/m1/s1. The van der Waals surface area contributed by atoms with Crippen molar-refractivity contribution in [2.45, 2.75) is 18.9 Å². The average molecular weight is 296 g/mol. The third-order valence-corrected chi connectivity index (χ3v) is 4.05. The number of carbonyl (C=O) groups excluding carboxylic acids is 1. The first-order valence-electron chi connectivity index (χ1n) is 7.55. The maximum atomic E-state index is 12.6. The molecule has 3 rings (SSSR count). The van der Waals surface area contributed by atoms with Gasteiger partial charge in [0, 0.05) is 6.54 Å². The van der Waals surface area contributed by atoms with Crippen molar-refractivity contribution in [3.8, 4) is 5.75 Å². The number of carbonyl (C=O) groups is 1. The van der Waals surface area contributed by atoms with Crippen molar-refractivity contribution < 1.29 is 9.53 Å². The Hall–Kier alpha value is -2.49. The second-order valence-electron chi connectivity index (χ2n) is 5.39. The number of rotatable bonds is 3. The first kappa shape index (κ1) is 14.4. The molecule has 1 aliphatic heterocycles. The number of hydrogen-bond acceptors (Lipinski definition) is 2. The lowest BCUT2D eigenvalue weighted by atomic mass is 10.1. The molecule has 4 nitrogen and oxygen atoms in total. The van der Waals surface area contributed by atoms with Gasteiger partial charge >= 0.3 is 6.03 Å². The van der Waals surface area contributed by atoms with Gasteiger partial charge in [0.2, 0.25) is 0 Å². The predicted molar refractivity (Wildman–Crippen MR) is 87.1 cm³/mol. The highest BCUT2D eigenvalue weighted by molar-refractivity contribution is 5.91. The summed E-state index contributed by atoms with van der Waals surface area (Å²) in [6.07, 6.45) is 2.03. The summed E-state index contributed by atoms with van der Waals surface area (Å²) in [6.45, 7) is 0.778. The van der Waals surface area contributed by atoms with E-state index in [0.29, 0.717) is 11.4 Å². The van der Waals surface area contributed by atoms with E-state index in [9.17, 15) is 4.79 Å². The molecule has 2 aromatic rings. The SMILES string of the molecule is COc1ccccc1NC(=O)N1CCC[C@@H]1c1ccccc1. The lowest BCUT2D eigenvalue weighted by Crippen LogP contribution is -2.34. The fourth-order valence-corrected chi connectivity index (χ4v) is 2.97. The monoisotopic (exact) mass is 296 g/mol. The van der Waals surface area contributed by atoms with E-state index in [1.54, 1.807) is 7.11 Å². The fourth-order valence-electron chi connectivity index (χ4n) is 2.97. The minimum absolute atomic E-state index is 0.0733. The number of nitrogens with one attached hydrogen (secondary N) is 1. The van der Waals surface area contributed by atoms with Gasteiger partial charge in [-0.2, -0.15) is 0 Å². The number of anilines is 1. The molecule has 22 heavy (non-hydrogen) atoms. The van der Waals surface area contributed by atoms with Gasteiger partial charge in [0.1, 0.15) is 5.75 Å². The zero-order valence-corrected chi connectivity index (χ0v) is 12.7. The van der Waals surface area contributed by atoms with Crippen LogP contribution >= 0.6 is 0 Å². The zero-order chi connectivity index (χ0) is 15.4. The molecule has 2 amide bonds. The van der Waals surface area contributed by atoms with E-state index in [1.165, 1.54) is 5.56 Å². The summed E-state index contributed by atoms with van der Waals surface area (Å²) in [5.74, 6) is 0.673. The Morgan fingerprint density at radius 1 is 1.14 bits per heavy atom. The van der Waals surface area contributed by atoms with Crippen LogP contribution in [0.4, 0.5) is 10.5 Å². The van der Waals surface area contributed by atoms with Gasteiger partial charge in [0.15, 0.2) is 0 Å². The molecule has 0 spiro atoms. The second-order valence-corrected chi connectivity index (χ2v) is 5.39. The largest absolute Gasteiger partial charge is 0.495 e. The molecule has 0 unspecified atom stereocenters. The molecule has 1 fully saturated rings. The van der Waals surface area contributed by atoms with Crippen molar-refractivity contribution in [3.05, 3.63) is 60.2 Å². The third kappa shape index (κ3) is 2.91. The summed E-state index contributed by atoms with van der Waals surface area (Å²) >= 11 is 0. The molecule has 1 N–H and O–H groups in total. The van der Waals surface area contributed by atoms with Crippen molar-refractivity contribution in [2.75, 3.05) is 19.0 Å². The molecule has 0 aliphatic carbocycles. The average Bonchev–Trinajstić information content (AvgIpc) is 3.06. The molecule has 0 aromatic heterocycles. The number of methoxy groups -OCH3 is 1. The maximum absolute atomic E-state index is 12.6. The highest BCUT2D eigenvalue weighted by Gasteiger charge is 2.30. The number of ether oxygens (including phenoxy) is 1. The Bertz CT molecular complexity index is 643. The number of likely N-dealkylation sites (tertiary alicyclic amines) is 1. The predicted octanol–water partition coefficient (Wildman–Crippen LogP) is 4.06. The molecule has 1 heterocycles. The van der Waals surface area contributed by atoms with Crippen LogP contribution < -0.4 is 10.1 Å². The highest BCUT2D eigenvalue weighted by atomic mass is 16.5. The number of benzene rings is 2. The fraction of sp³-hybridized carbons (Fsp3) is 0.278. The van der Waals surface area contributed by atoms with E-state index in [0.717, 1.165) is 19.4 Å². The normalized spacial score (nSPS) is 17.3. The number of hydrogen-bond donors (Lipinski definition) is 1. The Kier molecular flexibility index (Phi) is 4.28. The Morgan fingerprint density at radius 3 is 2.64 bits per heavy atom. The Morgan fingerprint density at radius 2 is 1.86 bits per heavy atom. The molecule has 114 valence electrons. The van der Waals surface area contributed by atoms with E-state index in [-0.39, 0.29) is 12.1 Å². The van der Waals surface area contributed by atoms with Crippen molar-refractivity contribution >= 4 is 11.7 Å². The second kappa shape index (κ2) is 6.52. The van der Waals surface area contributed by atoms with E-state index in [1.807, 2.05) is 47.4 Å². The van der Waals surface area contributed by atoms with Crippen molar-refractivity contribution in [3.63, 3.8) is 0 Å². The summed E-state index contributed by atoms with van der Waals surface area (Å²) in [5.41, 5.74) is 1.89. The summed E-state index contributed by atoms with van der Waals surface area (Å²) in [7, 11) is 1.60. The molecule has 1 atom stereocenters. The number of amides is 2. The molecule has 0 bridgehead atoms. The molecule has 1 aliphatic rings. The minimum Gasteiger partial charge on any atom is -0.495 e. The third-order valence-electron chi connectivity index (χ3n) is 4.05. The van der Waals surface area contributed by atoms with Crippen molar-refractivity contribution in [1.29, 1.82) is 0 Å². The van der Waals surface area contributed by atoms with Gasteiger partial charge in [0.25, 0.3) is 0 Å². The summed E-state index contributed by atoms with van der Waals surface area (Å²) in [6, 6.07) is 17.7. The van der Waals surface area contributed by atoms with Crippen LogP contribution in [-0.4, -0.2) is 24.6 Å². The van der Waals surface area contributed by atoms with E-state index >= 15 is 0 Å². The van der Waals surface area contributed by atoms with Gasteiger partial charge in [-0.05, 0) is 30.5 Å². The molecule has 0 saturated carbocycles. The summed E-state index contributed by atoms with van der Waals surface area (Å²) in [5, 5.41) is 2.97. The van der Waals surface area contributed by atoms with Crippen molar-refractivity contribution in [2.24, 2.45) is 0 Å². The van der Waals surface area contributed by atoms with Crippen LogP contribution in [0.2, 0.25) is 0 Å². The zero-order valence-electron chi connectivity index (χ0n) is 12.7. The lowest BCUT2D eigenvalue weighted by molar-refractivity contribution is 0.207. The van der Waals surface area contributed by atoms with Crippen LogP contribution in [-0.2, 0) is 0 Å².